The standard InChI is InChI=1S/C29H30F4N6O3/c1-2-41-27-20(4-3-8-35-27)22-5-6-23(24(38-22)26(40)37-18-7-9-34-14-18)42-19-11-28(12-19)15-39(16-28)25-21(29(31,32)33)10-17(30)13-36-25/h3-6,8,10,13,18-19,34H,2,7,9,11-12,14-16H2,1H3,(H,37,40)/t18-/m1/s1. The fourth-order valence-electron chi connectivity index (χ4n) is 5.96. The molecule has 222 valence electrons. The Balaban J connectivity index is 1.17. The highest BCUT2D eigenvalue weighted by Gasteiger charge is 2.55. The normalized spacial score (nSPS) is 19.7. The summed E-state index contributed by atoms with van der Waals surface area (Å²) in [4.78, 5) is 27.6. The zero-order valence-electron chi connectivity index (χ0n) is 22.9. The lowest BCUT2D eigenvalue weighted by atomic mass is 9.61. The maximum atomic E-state index is 13.5. The lowest BCUT2D eigenvalue weighted by Crippen LogP contribution is -2.65. The minimum atomic E-state index is -4.71. The minimum Gasteiger partial charge on any atom is -0.488 e. The van der Waals surface area contributed by atoms with Crippen molar-refractivity contribution in [1.29, 1.82) is 0 Å². The Morgan fingerprint density at radius 1 is 1.21 bits per heavy atom. The second-order valence-electron chi connectivity index (χ2n) is 11.0. The summed E-state index contributed by atoms with van der Waals surface area (Å²) in [5, 5.41) is 6.25. The molecule has 1 spiro atoms. The number of pyridine rings is 3. The van der Waals surface area contributed by atoms with Gasteiger partial charge in [0.2, 0.25) is 5.88 Å². The van der Waals surface area contributed by atoms with Gasteiger partial charge in [0.15, 0.2) is 11.4 Å². The number of nitrogens with one attached hydrogen (secondary N) is 2. The quantitative estimate of drug-likeness (QED) is 0.379. The molecule has 0 unspecified atom stereocenters. The van der Waals surface area contributed by atoms with Crippen LogP contribution in [0.4, 0.5) is 23.4 Å². The number of hydrogen-bond donors (Lipinski definition) is 2. The first-order valence-electron chi connectivity index (χ1n) is 13.9. The number of carbonyl (C=O) groups excluding carboxylic acids is 1. The van der Waals surface area contributed by atoms with Crippen LogP contribution >= 0.6 is 0 Å². The molecule has 3 aromatic rings. The van der Waals surface area contributed by atoms with Gasteiger partial charge in [-0.1, -0.05) is 0 Å². The van der Waals surface area contributed by atoms with Gasteiger partial charge in [0.05, 0.1) is 24.1 Å². The van der Waals surface area contributed by atoms with Crippen molar-refractivity contribution in [2.24, 2.45) is 5.41 Å². The molecule has 1 atom stereocenters. The van der Waals surface area contributed by atoms with Gasteiger partial charge in [0, 0.05) is 37.3 Å². The van der Waals surface area contributed by atoms with Crippen LogP contribution in [0.25, 0.3) is 11.3 Å². The molecular formula is C29H30F4N6O3. The molecule has 1 saturated carbocycles. The molecule has 2 saturated heterocycles. The van der Waals surface area contributed by atoms with Crippen LogP contribution in [0.5, 0.6) is 11.6 Å². The van der Waals surface area contributed by atoms with Crippen molar-refractivity contribution < 1.29 is 31.8 Å². The third-order valence-electron chi connectivity index (χ3n) is 7.90. The van der Waals surface area contributed by atoms with E-state index in [1.807, 2.05) is 13.0 Å². The van der Waals surface area contributed by atoms with Crippen molar-refractivity contribution in [3.8, 4) is 22.9 Å². The molecule has 3 fully saturated rings. The van der Waals surface area contributed by atoms with Gasteiger partial charge in [-0.15, -0.1) is 0 Å². The molecule has 2 aliphatic heterocycles. The molecule has 42 heavy (non-hydrogen) atoms. The highest BCUT2D eigenvalue weighted by atomic mass is 19.4. The Bertz CT molecular complexity index is 1470. The molecule has 6 rings (SSSR count). The number of anilines is 1. The number of nitrogens with zero attached hydrogens (tertiary/aromatic N) is 4. The Morgan fingerprint density at radius 2 is 2.02 bits per heavy atom. The Hall–Kier alpha value is -4.00. The van der Waals surface area contributed by atoms with E-state index in [0.29, 0.717) is 68.0 Å². The Morgan fingerprint density at radius 3 is 2.74 bits per heavy atom. The van der Waals surface area contributed by atoms with Crippen molar-refractivity contribution in [2.75, 3.05) is 37.7 Å². The summed E-state index contributed by atoms with van der Waals surface area (Å²) >= 11 is 0. The third-order valence-corrected chi connectivity index (χ3v) is 7.90. The van der Waals surface area contributed by atoms with Crippen molar-refractivity contribution in [3.05, 3.63) is 59.8 Å². The molecule has 1 aliphatic carbocycles. The summed E-state index contributed by atoms with van der Waals surface area (Å²) in [6.45, 7) is 4.47. The molecule has 9 nitrogen and oxygen atoms in total. The van der Waals surface area contributed by atoms with Crippen LogP contribution in [0.2, 0.25) is 0 Å². The predicted octanol–water partition coefficient (Wildman–Crippen LogP) is 4.23. The smallest absolute Gasteiger partial charge is 0.420 e. The average molecular weight is 587 g/mol. The van der Waals surface area contributed by atoms with Crippen LogP contribution in [0, 0.1) is 11.2 Å². The van der Waals surface area contributed by atoms with E-state index in [2.05, 4.69) is 25.6 Å². The van der Waals surface area contributed by atoms with Gasteiger partial charge >= 0.3 is 6.18 Å². The zero-order chi connectivity index (χ0) is 29.5. The third kappa shape index (κ3) is 5.57. The summed E-state index contributed by atoms with van der Waals surface area (Å²) < 4.78 is 65.8. The summed E-state index contributed by atoms with van der Waals surface area (Å²) in [5.41, 5.74) is 0.00160. The van der Waals surface area contributed by atoms with Crippen LogP contribution < -0.4 is 25.0 Å². The number of halogens is 4. The number of hydrogen-bond acceptors (Lipinski definition) is 8. The van der Waals surface area contributed by atoms with E-state index >= 15 is 0 Å². The van der Waals surface area contributed by atoms with Crippen molar-refractivity contribution in [3.63, 3.8) is 0 Å². The van der Waals surface area contributed by atoms with Crippen LogP contribution in [0.3, 0.4) is 0 Å². The molecule has 0 bridgehead atoms. The highest BCUT2D eigenvalue weighted by Crippen LogP contribution is 2.52. The summed E-state index contributed by atoms with van der Waals surface area (Å²) in [6.07, 6.45) is -0.522. The van der Waals surface area contributed by atoms with E-state index in [0.717, 1.165) is 19.2 Å². The Kier molecular flexibility index (Phi) is 7.37. The largest absolute Gasteiger partial charge is 0.488 e. The number of carbonyl (C=O) groups is 1. The first-order valence-corrected chi connectivity index (χ1v) is 13.9. The number of amides is 1. The van der Waals surface area contributed by atoms with E-state index in [-0.39, 0.29) is 35.0 Å². The predicted molar refractivity (Wildman–Crippen MR) is 145 cm³/mol. The fourth-order valence-corrected chi connectivity index (χ4v) is 5.96. The summed E-state index contributed by atoms with van der Waals surface area (Å²) in [7, 11) is 0. The minimum absolute atomic E-state index is 0.0252. The van der Waals surface area contributed by atoms with Crippen LogP contribution in [0.15, 0.2) is 42.7 Å². The number of alkyl halides is 3. The van der Waals surface area contributed by atoms with Crippen molar-refractivity contribution >= 4 is 11.7 Å². The van der Waals surface area contributed by atoms with Crippen LogP contribution in [-0.2, 0) is 6.18 Å². The SMILES string of the molecule is CCOc1ncccc1-c1ccc(OC2CC3(C2)CN(c2ncc(F)cc2C(F)(F)F)C3)c(C(=O)N[C@@H]2CCNC2)n1. The molecule has 0 aromatic carbocycles. The first kappa shape index (κ1) is 28.1. The van der Waals surface area contributed by atoms with Gasteiger partial charge in [-0.25, -0.2) is 19.3 Å². The molecule has 5 heterocycles. The van der Waals surface area contributed by atoms with E-state index in [9.17, 15) is 22.4 Å². The second kappa shape index (κ2) is 11.0. The summed E-state index contributed by atoms with van der Waals surface area (Å²) in [6, 6.07) is 7.50. The van der Waals surface area contributed by atoms with E-state index in [4.69, 9.17) is 9.47 Å². The highest BCUT2D eigenvalue weighted by molar-refractivity contribution is 5.96. The lowest BCUT2D eigenvalue weighted by molar-refractivity contribution is -0.138. The fraction of sp³-hybridized carbons (Fsp3) is 0.448. The lowest BCUT2D eigenvalue weighted by Gasteiger charge is -2.59. The number of rotatable bonds is 8. The summed E-state index contributed by atoms with van der Waals surface area (Å²) in [5.74, 6) is -0.902. The van der Waals surface area contributed by atoms with Crippen molar-refractivity contribution in [1.82, 2.24) is 25.6 Å². The van der Waals surface area contributed by atoms with Gasteiger partial charge in [-0.05, 0) is 63.1 Å². The van der Waals surface area contributed by atoms with Gasteiger partial charge in [-0.2, -0.15) is 13.2 Å². The van der Waals surface area contributed by atoms with E-state index < -0.39 is 17.6 Å². The zero-order valence-corrected chi connectivity index (χ0v) is 22.9. The molecular weight excluding hydrogens is 556 g/mol. The van der Waals surface area contributed by atoms with Crippen LogP contribution in [0.1, 0.15) is 42.2 Å². The van der Waals surface area contributed by atoms with Crippen molar-refractivity contribution in [2.45, 2.75) is 44.5 Å². The number of aromatic nitrogens is 3. The Labute approximate surface area is 239 Å². The maximum absolute atomic E-state index is 13.5. The molecule has 13 heteroatoms. The molecule has 1 amide bonds. The van der Waals surface area contributed by atoms with Gasteiger partial charge in [0.1, 0.15) is 23.3 Å². The van der Waals surface area contributed by atoms with Crippen LogP contribution in [-0.4, -0.2) is 65.8 Å². The molecule has 2 N–H and O–H groups in total. The van der Waals surface area contributed by atoms with Gasteiger partial charge in [-0.3, -0.25) is 4.79 Å². The number of ether oxygens (including phenoxy) is 2. The first-order chi connectivity index (χ1) is 20.1. The monoisotopic (exact) mass is 586 g/mol. The molecule has 3 aliphatic rings. The van der Waals surface area contributed by atoms with Gasteiger partial charge in [0.25, 0.3) is 5.91 Å². The average Bonchev–Trinajstić information content (AvgIpc) is 3.43. The van der Waals surface area contributed by atoms with E-state index in [1.165, 1.54) is 4.90 Å². The molecule has 0 radical (unpaired) electrons. The molecule has 3 aromatic heterocycles. The maximum Gasteiger partial charge on any atom is 0.420 e. The second-order valence-corrected chi connectivity index (χ2v) is 11.0. The van der Waals surface area contributed by atoms with E-state index in [1.54, 1.807) is 24.4 Å². The topological polar surface area (TPSA) is 102 Å². The van der Waals surface area contributed by atoms with Gasteiger partial charge < -0.3 is 25.0 Å².